The minimum Gasteiger partial charge on any atom is -0.394 e. The van der Waals surface area contributed by atoms with E-state index in [4.69, 9.17) is 5.10 Å². The van der Waals surface area contributed by atoms with Gasteiger partial charge in [-0.05, 0) is 86.1 Å². The van der Waals surface area contributed by atoms with Crippen molar-refractivity contribution in [2.24, 2.45) is 0 Å². The molecule has 3 aromatic carbocycles. The number of aliphatic hydroxyl groups is 1. The van der Waals surface area contributed by atoms with Gasteiger partial charge in [0.15, 0.2) is 5.69 Å². The summed E-state index contributed by atoms with van der Waals surface area (Å²) in [5.41, 5.74) is 7.07. The zero-order chi connectivity index (χ0) is 35.8. The molecule has 1 aromatic heterocycles. The van der Waals surface area contributed by atoms with Gasteiger partial charge in [0.1, 0.15) is 0 Å². The quantitative estimate of drug-likeness (QED) is 0.137. The van der Waals surface area contributed by atoms with Crippen LogP contribution in [0.25, 0.3) is 5.69 Å². The van der Waals surface area contributed by atoms with Crippen LogP contribution in [0.1, 0.15) is 95.2 Å². The van der Waals surface area contributed by atoms with Crippen molar-refractivity contribution in [1.29, 1.82) is 0 Å². The maximum absolute atomic E-state index is 14.6. The van der Waals surface area contributed by atoms with Crippen LogP contribution >= 0.6 is 0 Å². The van der Waals surface area contributed by atoms with E-state index in [1.165, 1.54) is 0 Å². The van der Waals surface area contributed by atoms with Gasteiger partial charge in [0.25, 0.3) is 11.8 Å². The molecule has 10 heteroatoms. The minimum absolute atomic E-state index is 0.132. The average molecular weight is 679 g/mol. The van der Waals surface area contributed by atoms with E-state index in [2.05, 4.69) is 24.5 Å². The number of benzene rings is 3. The van der Waals surface area contributed by atoms with Crippen molar-refractivity contribution in [3.05, 3.63) is 106 Å². The molecule has 0 bridgehead atoms. The van der Waals surface area contributed by atoms with E-state index in [9.17, 15) is 19.5 Å². The lowest BCUT2D eigenvalue weighted by Crippen LogP contribution is -2.46. The Kier molecular flexibility index (Phi) is 12.1. The molecule has 0 saturated heterocycles. The van der Waals surface area contributed by atoms with Crippen LogP contribution in [-0.4, -0.2) is 68.3 Å². The number of urea groups is 1. The first-order chi connectivity index (χ1) is 24.2. The van der Waals surface area contributed by atoms with Gasteiger partial charge in [0.2, 0.25) is 0 Å². The largest absolute Gasteiger partial charge is 0.394 e. The third-order valence-corrected chi connectivity index (χ3v) is 9.48. The summed E-state index contributed by atoms with van der Waals surface area (Å²) >= 11 is 0. The van der Waals surface area contributed by atoms with Crippen molar-refractivity contribution in [3.63, 3.8) is 0 Å². The van der Waals surface area contributed by atoms with E-state index in [0.29, 0.717) is 54.4 Å². The Morgan fingerprint density at radius 1 is 0.900 bits per heavy atom. The van der Waals surface area contributed by atoms with Crippen LogP contribution in [0.15, 0.2) is 66.7 Å². The number of nitrogens with one attached hydrogen (secondary N) is 2. The van der Waals surface area contributed by atoms with Gasteiger partial charge in [-0.3, -0.25) is 9.59 Å². The van der Waals surface area contributed by atoms with Crippen LogP contribution < -0.4 is 10.6 Å². The Morgan fingerprint density at radius 3 is 2.30 bits per heavy atom. The molecule has 1 aliphatic heterocycles. The second-order valence-electron chi connectivity index (χ2n) is 13.1. The molecule has 1 aliphatic rings. The van der Waals surface area contributed by atoms with E-state index < -0.39 is 12.1 Å². The maximum Gasteiger partial charge on any atom is 0.323 e. The highest BCUT2D eigenvalue weighted by Gasteiger charge is 2.32. The molecule has 0 saturated carbocycles. The third kappa shape index (κ3) is 8.08. The average Bonchev–Trinajstić information content (AvgIpc) is 3.52. The fourth-order valence-corrected chi connectivity index (χ4v) is 6.59. The summed E-state index contributed by atoms with van der Waals surface area (Å²) < 4.78 is 1.63. The lowest BCUT2D eigenvalue weighted by molar-refractivity contribution is 0.0544. The number of hydrogen-bond acceptors (Lipinski definition) is 5. The number of aryl methyl sites for hydroxylation is 3. The molecule has 3 N–H and O–H groups in total. The number of carbonyl (C=O) groups excluding carboxylic acids is 3. The Morgan fingerprint density at radius 2 is 1.62 bits per heavy atom. The zero-order valence-electron chi connectivity index (χ0n) is 30.0. The fourth-order valence-electron chi connectivity index (χ4n) is 6.59. The number of rotatable bonds is 13. The zero-order valence-corrected chi connectivity index (χ0v) is 30.0. The molecule has 0 spiro atoms. The molecule has 4 amide bonds. The van der Waals surface area contributed by atoms with Gasteiger partial charge in [-0.15, -0.1) is 0 Å². The van der Waals surface area contributed by atoms with Crippen molar-refractivity contribution in [2.75, 3.05) is 30.3 Å². The summed E-state index contributed by atoms with van der Waals surface area (Å²) in [5.74, 6) is -0.438. The molecule has 10 nitrogen and oxygen atoms in total. The molecule has 0 fully saturated rings. The van der Waals surface area contributed by atoms with Gasteiger partial charge in [0.05, 0.1) is 23.9 Å². The molecule has 0 aliphatic carbocycles. The normalized spacial score (nSPS) is 13.9. The molecule has 264 valence electrons. The number of fused-ring (bicyclic) bond motifs is 1. The molecule has 4 aromatic rings. The summed E-state index contributed by atoms with van der Waals surface area (Å²) in [6, 6.07) is 19.9. The summed E-state index contributed by atoms with van der Waals surface area (Å²) in [7, 11) is 0. The molecule has 0 radical (unpaired) electrons. The molecule has 50 heavy (non-hydrogen) atoms. The van der Waals surface area contributed by atoms with Gasteiger partial charge < -0.3 is 25.5 Å². The lowest BCUT2D eigenvalue weighted by Gasteiger charge is -2.36. The predicted octanol–water partition coefficient (Wildman–Crippen LogP) is 7.30. The number of aromatic nitrogens is 2. The molecule has 2 heterocycles. The first-order valence-corrected chi connectivity index (χ1v) is 17.8. The van der Waals surface area contributed by atoms with E-state index >= 15 is 0 Å². The first-order valence-electron chi connectivity index (χ1n) is 17.8. The van der Waals surface area contributed by atoms with Crippen LogP contribution in [0.2, 0.25) is 0 Å². The Labute approximate surface area is 295 Å². The minimum atomic E-state index is -0.430. The number of hydrogen-bond donors (Lipinski definition) is 3. The molecule has 0 unspecified atom stereocenters. The second kappa shape index (κ2) is 16.6. The van der Waals surface area contributed by atoms with Crippen molar-refractivity contribution in [3.8, 4) is 5.69 Å². The van der Waals surface area contributed by atoms with E-state index in [1.54, 1.807) is 33.8 Å². The molecular weight excluding hydrogens is 628 g/mol. The number of aliphatic hydroxyl groups excluding tert-OH is 1. The highest BCUT2D eigenvalue weighted by atomic mass is 16.3. The lowest BCUT2D eigenvalue weighted by atomic mass is 9.93. The summed E-state index contributed by atoms with van der Waals surface area (Å²) in [6.45, 7) is 11.5. The number of amides is 4. The summed E-state index contributed by atoms with van der Waals surface area (Å²) in [4.78, 5) is 45.2. The Hall–Kier alpha value is -4.96. The topological polar surface area (TPSA) is 120 Å². The van der Waals surface area contributed by atoms with E-state index in [1.807, 2.05) is 68.1 Å². The molecular formula is C40H50N6O4. The van der Waals surface area contributed by atoms with Gasteiger partial charge in [-0.25, -0.2) is 9.48 Å². The van der Waals surface area contributed by atoms with E-state index in [-0.39, 0.29) is 18.4 Å². The number of anilines is 2. The van der Waals surface area contributed by atoms with Crippen molar-refractivity contribution in [2.45, 2.75) is 85.7 Å². The van der Waals surface area contributed by atoms with Crippen molar-refractivity contribution < 1.29 is 19.5 Å². The second-order valence-corrected chi connectivity index (χ2v) is 13.1. The van der Waals surface area contributed by atoms with Gasteiger partial charge in [-0.1, -0.05) is 76.1 Å². The highest BCUT2D eigenvalue weighted by Crippen LogP contribution is 2.29. The first kappa shape index (κ1) is 36.3. The van der Waals surface area contributed by atoms with Gasteiger partial charge >= 0.3 is 6.03 Å². The number of carbonyl (C=O) groups is 3. The highest BCUT2D eigenvalue weighted by molar-refractivity contribution is 6.03. The van der Waals surface area contributed by atoms with Crippen LogP contribution in [0, 0.1) is 13.8 Å². The predicted molar refractivity (Wildman–Crippen MR) is 198 cm³/mol. The Bertz CT molecular complexity index is 1820. The standard InChI is InChI=1S/C40H50N6O4/c1-6-9-20-44(21-10-7-2)39(49)35-22-28(5)46(43-35)36-19-18-32(41-40(50)42-37-27(4)14-13-17-29(37)8-3)24-34(36)38(48)45-25-31-16-12-11-15-30(31)23-33(45)26-47/h11-19,22,24,33,47H,6-10,20-21,23,25-26H2,1-5H3,(H2,41,42,50)/t33-/m0/s1. The van der Waals surface area contributed by atoms with Crippen molar-refractivity contribution >= 4 is 29.2 Å². The molecule has 1 atom stereocenters. The van der Waals surface area contributed by atoms with Crippen LogP contribution in [0.4, 0.5) is 16.2 Å². The fraction of sp³-hybridized carbons (Fsp3) is 0.400. The smallest absolute Gasteiger partial charge is 0.323 e. The van der Waals surface area contributed by atoms with E-state index in [0.717, 1.165) is 60.0 Å². The van der Waals surface area contributed by atoms with Crippen LogP contribution in [0.5, 0.6) is 0 Å². The maximum atomic E-state index is 14.6. The SMILES string of the molecule is CCCCN(CCCC)C(=O)c1cc(C)n(-c2ccc(NC(=O)Nc3c(C)cccc3CC)cc2C(=O)N2Cc3ccccc3C[C@H]2CO)n1. The summed E-state index contributed by atoms with van der Waals surface area (Å²) in [6.07, 6.45) is 5.06. The number of para-hydroxylation sites is 1. The van der Waals surface area contributed by atoms with Crippen LogP contribution in [0.3, 0.4) is 0 Å². The molecule has 5 rings (SSSR count). The monoisotopic (exact) mass is 678 g/mol. The van der Waals surface area contributed by atoms with Crippen LogP contribution in [-0.2, 0) is 19.4 Å². The Balaban J connectivity index is 1.52. The van der Waals surface area contributed by atoms with Crippen molar-refractivity contribution in [1.82, 2.24) is 19.6 Å². The number of unbranched alkanes of at least 4 members (excludes halogenated alkanes) is 2. The summed E-state index contributed by atoms with van der Waals surface area (Å²) in [5, 5.41) is 21.1. The third-order valence-electron chi connectivity index (χ3n) is 9.48. The van der Waals surface area contributed by atoms with Gasteiger partial charge in [-0.2, -0.15) is 5.10 Å². The van der Waals surface area contributed by atoms with Gasteiger partial charge in [0, 0.05) is 36.7 Å². The number of nitrogens with zero attached hydrogens (tertiary/aromatic N) is 4.